The Morgan fingerprint density at radius 2 is 1.73 bits per heavy atom. The highest BCUT2D eigenvalue weighted by Gasteiger charge is 2.20. The highest BCUT2D eigenvalue weighted by molar-refractivity contribution is 6.39. The molecule has 3 aromatic rings. The highest BCUT2D eigenvalue weighted by Crippen LogP contribution is 2.31. The lowest BCUT2D eigenvalue weighted by Crippen LogP contribution is -2.14. The van der Waals surface area contributed by atoms with Gasteiger partial charge in [0.2, 0.25) is 0 Å². The molecule has 1 heterocycles. The molecule has 8 heteroatoms. The van der Waals surface area contributed by atoms with Gasteiger partial charge in [-0.05, 0) is 50.2 Å². The summed E-state index contributed by atoms with van der Waals surface area (Å²) in [5, 5.41) is 7.64. The zero-order chi connectivity index (χ0) is 19.0. The molecule has 0 saturated carbocycles. The van der Waals surface area contributed by atoms with E-state index in [2.05, 4.69) is 10.4 Å². The fourth-order valence-corrected chi connectivity index (χ4v) is 3.14. The van der Waals surface area contributed by atoms with E-state index >= 15 is 0 Å². The van der Waals surface area contributed by atoms with Crippen LogP contribution in [-0.4, -0.2) is 15.7 Å². The van der Waals surface area contributed by atoms with E-state index in [1.165, 1.54) is 24.3 Å². The summed E-state index contributed by atoms with van der Waals surface area (Å²) in [5.74, 6) is -0.698. The van der Waals surface area contributed by atoms with E-state index < -0.39 is 0 Å². The monoisotopic (exact) mass is 392 g/mol. The Balaban J connectivity index is 1.94. The lowest BCUT2D eigenvalue weighted by molar-refractivity contribution is 0.102. The molecule has 134 valence electrons. The van der Waals surface area contributed by atoms with Crippen LogP contribution in [0.5, 0.6) is 0 Å². The Hall–Kier alpha value is -2.57. The number of amides is 1. The Morgan fingerprint density at radius 1 is 1.15 bits per heavy atom. The molecule has 1 amide bonds. The molecule has 0 aliphatic carbocycles. The fraction of sp³-hybridized carbons (Fsp3) is 0.111. The topological polar surface area (TPSA) is 72.9 Å². The smallest absolute Gasteiger partial charge is 0.259 e. The normalized spacial score (nSPS) is 10.8. The van der Waals surface area contributed by atoms with Gasteiger partial charge in [-0.2, -0.15) is 5.10 Å². The maximum Gasteiger partial charge on any atom is 0.259 e. The average Bonchev–Trinajstić information content (AvgIpc) is 2.88. The summed E-state index contributed by atoms with van der Waals surface area (Å²) in [6, 6.07) is 8.91. The number of hydrogen-bond acceptors (Lipinski definition) is 3. The molecule has 0 atom stereocenters. The number of halogens is 3. The molecule has 0 saturated heterocycles. The molecule has 0 spiro atoms. The second-order valence-corrected chi connectivity index (χ2v) is 6.56. The van der Waals surface area contributed by atoms with Gasteiger partial charge in [0.05, 0.1) is 38.4 Å². The number of aromatic nitrogens is 2. The second kappa shape index (κ2) is 6.97. The maximum absolute atomic E-state index is 13.1. The van der Waals surface area contributed by atoms with Crippen molar-refractivity contribution in [3.63, 3.8) is 0 Å². The minimum Gasteiger partial charge on any atom is -0.396 e. The van der Waals surface area contributed by atoms with Crippen LogP contribution in [-0.2, 0) is 0 Å². The third-order valence-electron chi connectivity index (χ3n) is 3.93. The number of rotatable bonds is 3. The third kappa shape index (κ3) is 3.38. The quantitative estimate of drug-likeness (QED) is 0.630. The first-order valence-corrected chi connectivity index (χ1v) is 8.41. The fourth-order valence-electron chi connectivity index (χ4n) is 2.66. The molecule has 2 aromatic carbocycles. The standard InChI is InChI=1S/C18H15Cl2FN4O/c1-9-16(10(2)25(24-9)13-5-3-11(21)4-6-13)18(26)23-12-7-14(19)17(22)15(20)8-12/h3-8H,22H2,1-2H3,(H,23,26). The second-order valence-electron chi connectivity index (χ2n) is 5.74. The van der Waals surface area contributed by atoms with Gasteiger partial charge in [0.15, 0.2) is 0 Å². The molecule has 5 nitrogen and oxygen atoms in total. The highest BCUT2D eigenvalue weighted by atomic mass is 35.5. The van der Waals surface area contributed by atoms with Crippen LogP contribution in [0.15, 0.2) is 36.4 Å². The number of nitrogens with zero attached hydrogens (tertiary/aromatic N) is 2. The zero-order valence-corrected chi connectivity index (χ0v) is 15.5. The summed E-state index contributed by atoms with van der Waals surface area (Å²) >= 11 is 12.0. The number of nitrogen functional groups attached to an aromatic ring is 1. The SMILES string of the molecule is Cc1nn(-c2ccc(F)cc2)c(C)c1C(=O)Nc1cc(Cl)c(N)c(Cl)c1. The summed E-state index contributed by atoms with van der Waals surface area (Å²) < 4.78 is 14.7. The molecule has 1 aromatic heterocycles. The van der Waals surface area contributed by atoms with Gasteiger partial charge in [-0.15, -0.1) is 0 Å². The van der Waals surface area contributed by atoms with Gasteiger partial charge in [0.25, 0.3) is 5.91 Å². The van der Waals surface area contributed by atoms with Crippen LogP contribution in [0.4, 0.5) is 15.8 Å². The van der Waals surface area contributed by atoms with Crippen molar-refractivity contribution in [1.29, 1.82) is 0 Å². The molecule has 0 unspecified atom stereocenters. The Labute approximate surface area is 159 Å². The van der Waals surface area contributed by atoms with E-state index in [9.17, 15) is 9.18 Å². The number of anilines is 2. The predicted molar refractivity (Wildman–Crippen MR) is 102 cm³/mol. The van der Waals surface area contributed by atoms with E-state index in [1.54, 1.807) is 30.7 Å². The van der Waals surface area contributed by atoms with E-state index in [0.29, 0.717) is 28.3 Å². The minimum atomic E-state index is -0.356. The summed E-state index contributed by atoms with van der Waals surface area (Å²) in [6.07, 6.45) is 0. The predicted octanol–water partition coefficient (Wildman–Crippen LogP) is 4.77. The van der Waals surface area contributed by atoms with E-state index in [0.717, 1.165) is 0 Å². The van der Waals surface area contributed by atoms with Crippen LogP contribution in [0.2, 0.25) is 10.0 Å². The number of carbonyl (C=O) groups is 1. The first-order valence-electron chi connectivity index (χ1n) is 7.66. The first kappa shape index (κ1) is 18.2. The molecule has 0 fully saturated rings. The number of aryl methyl sites for hydroxylation is 1. The summed E-state index contributed by atoms with van der Waals surface area (Å²) in [7, 11) is 0. The van der Waals surface area contributed by atoms with Crippen molar-refractivity contribution < 1.29 is 9.18 Å². The van der Waals surface area contributed by atoms with Crippen molar-refractivity contribution >= 4 is 40.5 Å². The summed E-state index contributed by atoms with van der Waals surface area (Å²) in [4.78, 5) is 12.7. The zero-order valence-electron chi connectivity index (χ0n) is 14.0. The van der Waals surface area contributed by atoms with Gasteiger partial charge in [0.1, 0.15) is 5.82 Å². The van der Waals surface area contributed by atoms with E-state index in [-0.39, 0.29) is 27.5 Å². The molecule has 0 radical (unpaired) electrons. The van der Waals surface area contributed by atoms with Gasteiger partial charge >= 0.3 is 0 Å². The molecular weight excluding hydrogens is 378 g/mol. The van der Waals surface area contributed by atoms with E-state index in [1.807, 2.05) is 0 Å². The van der Waals surface area contributed by atoms with Crippen LogP contribution in [0.1, 0.15) is 21.7 Å². The van der Waals surface area contributed by atoms with Gasteiger partial charge in [-0.3, -0.25) is 4.79 Å². The number of nitrogens with two attached hydrogens (primary N) is 1. The lowest BCUT2D eigenvalue weighted by atomic mass is 10.1. The van der Waals surface area contributed by atoms with Crippen molar-refractivity contribution in [2.45, 2.75) is 13.8 Å². The van der Waals surface area contributed by atoms with Gasteiger partial charge in [-0.1, -0.05) is 23.2 Å². The molecule has 0 bridgehead atoms. The minimum absolute atomic E-state index is 0.253. The van der Waals surface area contributed by atoms with Gasteiger partial charge < -0.3 is 11.1 Å². The van der Waals surface area contributed by atoms with Gasteiger partial charge in [-0.25, -0.2) is 9.07 Å². The summed E-state index contributed by atoms with van der Waals surface area (Å²) in [6.45, 7) is 3.49. The average molecular weight is 393 g/mol. The van der Waals surface area contributed by atoms with Crippen molar-refractivity contribution in [2.75, 3.05) is 11.1 Å². The third-order valence-corrected chi connectivity index (χ3v) is 4.55. The Bertz CT molecular complexity index is 976. The Morgan fingerprint density at radius 3 is 2.31 bits per heavy atom. The number of carbonyl (C=O) groups excluding carboxylic acids is 1. The van der Waals surface area contributed by atoms with Crippen molar-refractivity contribution in [1.82, 2.24) is 9.78 Å². The summed E-state index contributed by atoms with van der Waals surface area (Å²) in [5.41, 5.74) is 8.61. The van der Waals surface area contributed by atoms with Crippen molar-refractivity contribution in [3.05, 3.63) is 69.2 Å². The van der Waals surface area contributed by atoms with Crippen LogP contribution in [0.3, 0.4) is 0 Å². The van der Waals surface area contributed by atoms with Crippen LogP contribution < -0.4 is 11.1 Å². The molecular formula is C18H15Cl2FN4O. The molecule has 0 aliphatic rings. The van der Waals surface area contributed by atoms with Crippen LogP contribution in [0.25, 0.3) is 5.69 Å². The van der Waals surface area contributed by atoms with Gasteiger partial charge in [0, 0.05) is 5.69 Å². The number of hydrogen-bond donors (Lipinski definition) is 2. The molecule has 0 aliphatic heterocycles. The number of benzene rings is 2. The van der Waals surface area contributed by atoms with E-state index in [4.69, 9.17) is 28.9 Å². The van der Waals surface area contributed by atoms with Crippen molar-refractivity contribution in [3.8, 4) is 5.69 Å². The first-order chi connectivity index (χ1) is 12.3. The van der Waals surface area contributed by atoms with Crippen LogP contribution in [0, 0.1) is 19.7 Å². The maximum atomic E-state index is 13.1. The lowest BCUT2D eigenvalue weighted by Gasteiger charge is -2.09. The molecule has 3 N–H and O–H groups in total. The number of nitrogens with one attached hydrogen (secondary N) is 1. The Kier molecular flexibility index (Phi) is 4.89. The molecule has 3 rings (SSSR count). The van der Waals surface area contributed by atoms with Crippen molar-refractivity contribution in [2.24, 2.45) is 0 Å². The largest absolute Gasteiger partial charge is 0.396 e. The van der Waals surface area contributed by atoms with Crippen LogP contribution >= 0.6 is 23.2 Å². The molecule has 26 heavy (non-hydrogen) atoms.